The van der Waals surface area contributed by atoms with Crippen molar-refractivity contribution in [3.05, 3.63) is 88.0 Å². The maximum absolute atomic E-state index is 14.2. The van der Waals surface area contributed by atoms with E-state index >= 15 is 0 Å². The molecule has 2 aromatic carbocycles. The van der Waals surface area contributed by atoms with Gasteiger partial charge < -0.3 is 16.2 Å². The highest BCUT2D eigenvalue weighted by atomic mass is 35.5. The largest absolute Gasteiger partial charge is 0.480 e. The first-order valence-electron chi connectivity index (χ1n) is 10.5. The molecule has 35 heavy (non-hydrogen) atoms. The molecule has 0 radical (unpaired) electrons. The van der Waals surface area contributed by atoms with Crippen LogP contribution >= 0.6 is 23.2 Å². The van der Waals surface area contributed by atoms with Gasteiger partial charge in [-0.15, -0.1) is 5.10 Å². The van der Waals surface area contributed by atoms with Crippen molar-refractivity contribution < 1.29 is 19.1 Å². The Morgan fingerprint density at radius 3 is 2.51 bits per heavy atom. The molecule has 4 N–H and O–H groups in total. The van der Waals surface area contributed by atoms with E-state index in [4.69, 9.17) is 28.9 Å². The second kappa shape index (κ2) is 10.4. The number of fused-ring (bicyclic) bond motifs is 1. The van der Waals surface area contributed by atoms with Gasteiger partial charge >= 0.3 is 5.97 Å². The van der Waals surface area contributed by atoms with Gasteiger partial charge in [0.25, 0.3) is 5.91 Å². The van der Waals surface area contributed by atoms with Crippen LogP contribution in [-0.2, 0) is 11.2 Å². The molecule has 11 heteroatoms. The van der Waals surface area contributed by atoms with Gasteiger partial charge in [-0.2, -0.15) is 0 Å². The van der Waals surface area contributed by atoms with E-state index < -0.39 is 29.8 Å². The molecule has 2 atom stereocenters. The Kier molecular flexibility index (Phi) is 7.30. The highest BCUT2D eigenvalue weighted by Crippen LogP contribution is 2.26. The molecule has 0 saturated carbocycles. The Bertz CT molecular complexity index is 1390. The standard InChI is InChI=1S/C24H20Cl2FN5O3/c25-15-5-6-19(27)18(10-15)14-3-1-13(2-4-14)9-17(12-20(28)24(34)35)29-23(33)22-30-21-11-16(26)7-8-32(21)31-22/h1-8,10-11,17,20H,9,12,28H2,(H,29,33)(H,34,35). The van der Waals surface area contributed by atoms with Crippen molar-refractivity contribution in [1.82, 2.24) is 19.9 Å². The molecule has 2 unspecified atom stereocenters. The molecule has 0 aliphatic heterocycles. The number of amides is 1. The topological polar surface area (TPSA) is 123 Å². The molecule has 8 nitrogen and oxygen atoms in total. The van der Waals surface area contributed by atoms with Gasteiger partial charge in [0.05, 0.1) is 0 Å². The number of rotatable bonds is 8. The van der Waals surface area contributed by atoms with Crippen LogP contribution in [0.2, 0.25) is 10.0 Å². The zero-order valence-electron chi connectivity index (χ0n) is 18.2. The lowest BCUT2D eigenvalue weighted by Crippen LogP contribution is -2.43. The number of benzene rings is 2. The summed E-state index contributed by atoms with van der Waals surface area (Å²) >= 11 is 11.9. The zero-order chi connectivity index (χ0) is 25.1. The third-order valence-electron chi connectivity index (χ3n) is 5.37. The van der Waals surface area contributed by atoms with Crippen LogP contribution in [0, 0.1) is 5.82 Å². The van der Waals surface area contributed by atoms with Crippen LogP contribution in [0.5, 0.6) is 0 Å². The van der Waals surface area contributed by atoms with Crippen LogP contribution in [0.25, 0.3) is 16.8 Å². The predicted molar refractivity (Wildman–Crippen MR) is 130 cm³/mol. The van der Waals surface area contributed by atoms with Crippen LogP contribution < -0.4 is 11.1 Å². The number of nitrogens with zero attached hydrogens (tertiary/aromatic N) is 3. The molecule has 1 amide bonds. The normalized spacial score (nSPS) is 12.9. The fraction of sp³-hybridized carbons (Fsp3) is 0.167. The van der Waals surface area contributed by atoms with Gasteiger partial charge in [-0.1, -0.05) is 47.5 Å². The Morgan fingerprint density at radius 1 is 1.09 bits per heavy atom. The van der Waals surface area contributed by atoms with Crippen LogP contribution in [0.3, 0.4) is 0 Å². The Hall–Kier alpha value is -3.53. The third-order valence-corrected chi connectivity index (χ3v) is 5.84. The number of hydrogen-bond donors (Lipinski definition) is 3. The number of pyridine rings is 1. The fourth-order valence-electron chi connectivity index (χ4n) is 3.63. The summed E-state index contributed by atoms with van der Waals surface area (Å²) in [5.74, 6) is -2.25. The molecule has 2 aromatic heterocycles. The van der Waals surface area contributed by atoms with Crippen LogP contribution in [0.15, 0.2) is 60.8 Å². The summed E-state index contributed by atoms with van der Waals surface area (Å²) in [6.45, 7) is 0. The van der Waals surface area contributed by atoms with E-state index in [-0.39, 0.29) is 18.7 Å². The van der Waals surface area contributed by atoms with E-state index in [1.165, 1.54) is 22.7 Å². The Balaban J connectivity index is 1.53. The Labute approximate surface area is 209 Å². The summed E-state index contributed by atoms with van der Waals surface area (Å²) in [4.78, 5) is 28.3. The second-order valence-corrected chi connectivity index (χ2v) is 8.83. The average molecular weight is 516 g/mol. The van der Waals surface area contributed by atoms with Gasteiger partial charge in [0.15, 0.2) is 5.65 Å². The van der Waals surface area contributed by atoms with E-state index in [1.54, 1.807) is 42.6 Å². The minimum absolute atomic E-state index is 0.0229. The second-order valence-electron chi connectivity index (χ2n) is 7.96. The number of halogens is 3. The smallest absolute Gasteiger partial charge is 0.320 e. The molecule has 0 saturated heterocycles. The minimum Gasteiger partial charge on any atom is -0.480 e. The zero-order valence-corrected chi connectivity index (χ0v) is 19.7. The number of aliphatic carboxylic acids is 1. The number of carboxylic acids is 1. The number of hydrogen-bond acceptors (Lipinski definition) is 5. The van der Waals surface area contributed by atoms with Crippen molar-refractivity contribution >= 4 is 40.7 Å². The summed E-state index contributed by atoms with van der Waals surface area (Å²) in [6, 6.07) is 12.7. The number of carboxylic acid groups (broad SMARTS) is 1. The van der Waals surface area contributed by atoms with Crippen molar-refractivity contribution in [2.24, 2.45) is 5.73 Å². The van der Waals surface area contributed by atoms with E-state index in [0.717, 1.165) is 5.56 Å². The summed E-state index contributed by atoms with van der Waals surface area (Å²) < 4.78 is 15.6. The lowest BCUT2D eigenvalue weighted by molar-refractivity contribution is -0.138. The van der Waals surface area contributed by atoms with Gasteiger partial charge in [0.2, 0.25) is 5.82 Å². The van der Waals surface area contributed by atoms with E-state index in [2.05, 4.69) is 15.4 Å². The lowest BCUT2D eigenvalue weighted by Gasteiger charge is -2.20. The van der Waals surface area contributed by atoms with Crippen LogP contribution in [0.4, 0.5) is 4.39 Å². The van der Waals surface area contributed by atoms with Gasteiger partial charge in [-0.05, 0) is 48.2 Å². The molecule has 0 aliphatic carbocycles. The van der Waals surface area contributed by atoms with Gasteiger partial charge in [-0.25, -0.2) is 13.9 Å². The highest BCUT2D eigenvalue weighted by Gasteiger charge is 2.23. The van der Waals surface area contributed by atoms with Crippen molar-refractivity contribution in [1.29, 1.82) is 0 Å². The van der Waals surface area contributed by atoms with Gasteiger partial charge in [0, 0.05) is 33.9 Å². The fourth-order valence-corrected chi connectivity index (χ4v) is 3.95. The van der Waals surface area contributed by atoms with E-state index in [0.29, 0.717) is 26.8 Å². The highest BCUT2D eigenvalue weighted by molar-refractivity contribution is 6.31. The number of carbonyl (C=O) groups is 2. The lowest BCUT2D eigenvalue weighted by atomic mass is 9.97. The van der Waals surface area contributed by atoms with Crippen molar-refractivity contribution in [3.8, 4) is 11.1 Å². The van der Waals surface area contributed by atoms with Crippen molar-refractivity contribution in [2.75, 3.05) is 0 Å². The summed E-state index contributed by atoms with van der Waals surface area (Å²) in [5, 5.41) is 17.0. The quantitative estimate of drug-likeness (QED) is 0.326. The molecule has 0 aliphatic rings. The van der Waals surface area contributed by atoms with E-state index in [1.807, 2.05) is 0 Å². The number of aromatic nitrogens is 3. The van der Waals surface area contributed by atoms with Crippen molar-refractivity contribution in [2.45, 2.75) is 24.9 Å². The van der Waals surface area contributed by atoms with Crippen LogP contribution in [0.1, 0.15) is 22.6 Å². The Morgan fingerprint density at radius 2 is 1.80 bits per heavy atom. The molecule has 2 heterocycles. The molecule has 180 valence electrons. The molecular formula is C24H20Cl2FN5O3. The molecule has 0 bridgehead atoms. The minimum atomic E-state index is -1.19. The molecular weight excluding hydrogens is 496 g/mol. The summed E-state index contributed by atoms with van der Waals surface area (Å²) in [6.07, 6.45) is 1.83. The maximum atomic E-state index is 14.2. The van der Waals surface area contributed by atoms with Crippen molar-refractivity contribution in [3.63, 3.8) is 0 Å². The maximum Gasteiger partial charge on any atom is 0.320 e. The van der Waals surface area contributed by atoms with Gasteiger partial charge in [0.1, 0.15) is 11.9 Å². The molecule has 4 rings (SSSR count). The van der Waals surface area contributed by atoms with Gasteiger partial charge in [-0.3, -0.25) is 9.59 Å². The number of nitrogens with two attached hydrogens (primary N) is 1. The SMILES string of the molecule is NC(CC(Cc1ccc(-c2cc(Cl)ccc2F)cc1)NC(=O)c1nc2cc(Cl)ccn2n1)C(=O)O. The molecule has 4 aromatic rings. The number of nitrogens with one attached hydrogen (secondary N) is 1. The van der Waals surface area contributed by atoms with Crippen LogP contribution in [-0.4, -0.2) is 43.7 Å². The monoisotopic (exact) mass is 515 g/mol. The average Bonchev–Trinajstić information content (AvgIpc) is 3.24. The first-order valence-corrected chi connectivity index (χ1v) is 11.3. The summed E-state index contributed by atoms with van der Waals surface area (Å²) in [5.41, 5.74) is 7.91. The number of carbonyl (C=O) groups excluding carboxylic acids is 1. The summed E-state index contributed by atoms with van der Waals surface area (Å²) in [7, 11) is 0. The first kappa shape index (κ1) is 24.6. The predicted octanol–water partition coefficient (Wildman–Crippen LogP) is 3.99. The first-order chi connectivity index (χ1) is 16.7. The van der Waals surface area contributed by atoms with E-state index in [9.17, 15) is 19.1 Å². The molecule has 0 spiro atoms. The molecule has 0 fully saturated rings. The third kappa shape index (κ3) is 5.94.